The van der Waals surface area contributed by atoms with E-state index in [9.17, 15) is 9.59 Å². The topological polar surface area (TPSA) is 60.8 Å². The maximum Gasteiger partial charge on any atom is 0.410 e. The van der Waals surface area contributed by atoms with Crippen LogP contribution in [-0.4, -0.2) is 47.3 Å². The molecule has 1 saturated heterocycles. The summed E-state index contributed by atoms with van der Waals surface area (Å²) in [6.07, 6.45) is 3.68. The smallest absolute Gasteiger partial charge is 0.410 e. The Hall–Kier alpha value is -2.50. The minimum absolute atomic E-state index is 0.227. The molecule has 0 aliphatic carbocycles. The molecule has 27 heavy (non-hydrogen) atoms. The number of hydrogen-bond donors (Lipinski definition) is 0. The van der Waals surface area contributed by atoms with Crippen LogP contribution in [-0.2, 0) is 16.0 Å². The van der Waals surface area contributed by atoms with Gasteiger partial charge in [0.2, 0.25) is 0 Å². The van der Waals surface area contributed by atoms with Crippen molar-refractivity contribution in [2.24, 2.45) is 5.92 Å². The Morgan fingerprint density at radius 2 is 1.85 bits per heavy atom. The lowest BCUT2D eigenvalue weighted by Crippen LogP contribution is -2.42. The van der Waals surface area contributed by atoms with Crippen molar-refractivity contribution in [3.63, 3.8) is 0 Å². The molecule has 0 unspecified atom stereocenters. The van der Waals surface area contributed by atoms with Crippen molar-refractivity contribution in [1.82, 2.24) is 9.47 Å². The summed E-state index contributed by atoms with van der Waals surface area (Å²) in [4.78, 5) is 25.9. The fourth-order valence-corrected chi connectivity index (χ4v) is 3.57. The van der Waals surface area contributed by atoms with Crippen LogP contribution in [0, 0.1) is 5.92 Å². The Morgan fingerprint density at radius 3 is 2.48 bits per heavy atom. The summed E-state index contributed by atoms with van der Waals surface area (Å²) in [5.41, 5.74) is 1.16. The number of benzene rings is 1. The van der Waals surface area contributed by atoms with E-state index in [-0.39, 0.29) is 12.1 Å². The zero-order chi connectivity index (χ0) is 19.6. The van der Waals surface area contributed by atoms with Gasteiger partial charge in [0.15, 0.2) is 0 Å². The number of esters is 1. The van der Waals surface area contributed by atoms with Crippen LogP contribution < -0.4 is 0 Å². The van der Waals surface area contributed by atoms with E-state index in [0.29, 0.717) is 24.6 Å². The number of amides is 1. The Labute approximate surface area is 160 Å². The second-order valence-corrected chi connectivity index (χ2v) is 8.11. The molecule has 0 radical (unpaired) electrons. The van der Waals surface area contributed by atoms with E-state index in [1.165, 1.54) is 7.11 Å². The van der Waals surface area contributed by atoms with Gasteiger partial charge in [-0.25, -0.2) is 9.59 Å². The molecule has 2 aromatic rings. The van der Waals surface area contributed by atoms with Crippen molar-refractivity contribution in [2.45, 2.75) is 45.8 Å². The maximum atomic E-state index is 12.2. The largest absolute Gasteiger partial charge is 0.465 e. The first-order valence-electron chi connectivity index (χ1n) is 9.42. The van der Waals surface area contributed by atoms with Gasteiger partial charge in [0.25, 0.3) is 0 Å². The number of methoxy groups -OCH3 is 1. The van der Waals surface area contributed by atoms with E-state index < -0.39 is 5.60 Å². The van der Waals surface area contributed by atoms with Crippen LogP contribution in [0.1, 0.15) is 44.0 Å². The highest BCUT2D eigenvalue weighted by Crippen LogP contribution is 2.26. The minimum atomic E-state index is -0.463. The molecular formula is C21H28N2O4. The molecule has 6 nitrogen and oxygen atoms in total. The zero-order valence-corrected chi connectivity index (χ0v) is 16.5. The Morgan fingerprint density at radius 1 is 1.15 bits per heavy atom. The molecule has 0 spiro atoms. The molecule has 3 rings (SSSR count). The van der Waals surface area contributed by atoms with Gasteiger partial charge in [0.05, 0.1) is 12.7 Å². The number of piperidine rings is 1. The lowest BCUT2D eigenvalue weighted by atomic mass is 9.97. The average molecular weight is 372 g/mol. The molecule has 1 aromatic carbocycles. The van der Waals surface area contributed by atoms with Gasteiger partial charge >= 0.3 is 12.1 Å². The van der Waals surface area contributed by atoms with E-state index in [1.54, 1.807) is 11.0 Å². The van der Waals surface area contributed by atoms with E-state index in [2.05, 4.69) is 4.57 Å². The van der Waals surface area contributed by atoms with Gasteiger partial charge in [-0.3, -0.25) is 0 Å². The van der Waals surface area contributed by atoms with Crippen molar-refractivity contribution in [3.05, 3.63) is 36.0 Å². The zero-order valence-electron chi connectivity index (χ0n) is 16.5. The van der Waals surface area contributed by atoms with Crippen LogP contribution >= 0.6 is 0 Å². The van der Waals surface area contributed by atoms with Crippen molar-refractivity contribution in [1.29, 1.82) is 0 Å². The molecule has 0 N–H and O–H groups in total. The lowest BCUT2D eigenvalue weighted by molar-refractivity contribution is 0.0178. The van der Waals surface area contributed by atoms with Crippen LogP contribution in [0.3, 0.4) is 0 Å². The summed E-state index contributed by atoms with van der Waals surface area (Å²) in [6.45, 7) is 7.96. The number of hydrogen-bond acceptors (Lipinski definition) is 4. The summed E-state index contributed by atoms with van der Waals surface area (Å²) in [5.74, 6) is 0.171. The van der Waals surface area contributed by atoms with Crippen LogP contribution in [0.4, 0.5) is 4.79 Å². The van der Waals surface area contributed by atoms with E-state index in [1.807, 2.05) is 45.2 Å². The molecule has 0 bridgehead atoms. The predicted octanol–water partition coefficient (Wildman–Crippen LogP) is 4.08. The molecular weight excluding hydrogens is 344 g/mol. The molecule has 1 amide bonds. The molecule has 1 aliphatic heterocycles. The number of carbonyl (C=O) groups is 2. The van der Waals surface area contributed by atoms with Crippen molar-refractivity contribution in [2.75, 3.05) is 20.2 Å². The Bertz CT molecular complexity index is 826. The quantitative estimate of drug-likeness (QED) is 0.762. The first-order chi connectivity index (χ1) is 12.8. The second kappa shape index (κ2) is 7.62. The lowest BCUT2D eigenvalue weighted by Gasteiger charge is -2.33. The van der Waals surface area contributed by atoms with Gasteiger partial charge in [-0.05, 0) is 57.7 Å². The fourth-order valence-electron chi connectivity index (χ4n) is 3.57. The first kappa shape index (κ1) is 19.3. The molecule has 0 saturated carbocycles. The van der Waals surface area contributed by atoms with Crippen LogP contribution in [0.2, 0.25) is 0 Å². The van der Waals surface area contributed by atoms with Gasteiger partial charge in [0.1, 0.15) is 5.60 Å². The van der Waals surface area contributed by atoms with E-state index in [0.717, 1.165) is 30.3 Å². The van der Waals surface area contributed by atoms with E-state index in [4.69, 9.17) is 9.47 Å². The minimum Gasteiger partial charge on any atom is -0.465 e. The molecule has 2 heterocycles. The second-order valence-electron chi connectivity index (χ2n) is 8.11. The Balaban J connectivity index is 1.64. The summed E-state index contributed by atoms with van der Waals surface area (Å²) < 4.78 is 12.5. The molecule has 6 heteroatoms. The molecule has 146 valence electrons. The number of likely N-dealkylation sites (tertiary alicyclic amines) is 1. The number of nitrogens with zero attached hydrogens (tertiary/aromatic N) is 2. The number of fused-ring (bicyclic) bond motifs is 1. The summed E-state index contributed by atoms with van der Waals surface area (Å²) in [6, 6.07) is 7.67. The monoisotopic (exact) mass is 372 g/mol. The highest BCUT2D eigenvalue weighted by molar-refractivity contribution is 6.03. The van der Waals surface area contributed by atoms with Crippen molar-refractivity contribution in [3.8, 4) is 0 Å². The van der Waals surface area contributed by atoms with Crippen LogP contribution in [0.15, 0.2) is 30.5 Å². The van der Waals surface area contributed by atoms with Gasteiger partial charge in [-0.15, -0.1) is 0 Å². The number of ether oxygens (including phenoxy) is 2. The first-order valence-corrected chi connectivity index (χ1v) is 9.42. The fraction of sp³-hybridized carbons (Fsp3) is 0.524. The van der Waals surface area contributed by atoms with Crippen LogP contribution in [0.5, 0.6) is 0 Å². The maximum absolute atomic E-state index is 12.2. The van der Waals surface area contributed by atoms with Gasteiger partial charge in [-0.1, -0.05) is 6.07 Å². The summed E-state index contributed by atoms with van der Waals surface area (Å²) in [5, 5.41) is 0.913. The normalized spacial score (nSPS) is 15.8. The van der Waals surface area contributed by atoms with Crippen molar-refractivity contribution >= 4 is 23.0 Å². The third-order valence-corrected chi connectivity index (χ3v) is 4.94. The highest BCUT2D eigenvalue weighted by atomic mass is 16.6. The number of rotatable bonds is 3. The standard InChI is InChI=1S/C21H28N2O4/c1-21(2,3)27-20(25)22-11-8-15(9-12-22)14-23-13-10-16-17(19(24)26-4)6-5-7-18(16)23/h5-7,10,13,15H,8-9,11-12,14H2,1-4H3. The van der Waals surface area contributed by atoms with Gasteiger partial charge < -0.3 is 18.9 Å². The van der Waals surface area contributed by atoms with E-state index >= 15 is 0 Å². The SMILES string of the molecule is COC(=O)c1cccc2c1ccn2CC1CCN(C(=O)OC(C)(C)C)CC1. The number of carbonyl (C=O) groups excluding carboxylic acids is 2. The predicted molar refractivity (Wildman–Crippen MR) is 104 cm³/mol. The summed E-state index contributed by atoms with van der Waals surface area (Å²) >= 11 is 0. The molecule has 1 aliphatic rings. The third kappa shape index (κ3) is 4.43. The Kier molecular flexibility index (Phi) is 5.44. The van der Waals surface area contributed by atoms with Crippen LogP contribution in [0.25, 0.3) is 10.9 Å². The molecule has 1 aromatic heterocycles. The highest BCUT2D eigenvalue weighted by Gasteiger charge is 2.27. The molecule has 0 atom stereocenters. The number of aromatic nitrogens is 1. The molecule has 1 fully saturated rings. The average Bonchev–Trinajstić information content (AvgIpc) is 3.03. The third-order valence-electron chi connectivity index (χ3n) is 4.94. The van der Waals surface area contributed by atoms with Crippen molar-refractivity contribution < 1.29 is 19.1 Å². The van der Waals surface area contributed by atoms with Gasteiger partial charge in [-0.2, -0.15) is 0 Å². The van der Waals surface area contributed by atoms with Gasteiger partial charge in [0, 0.05) is 36.7 Å². The summed E-state index contributed by atoms with van der Waals surface area (Å²) in [7, 11) is 1.40.